The second kappa shape index (κ2) is 5.26. The van der Waals surface area contributed by atoms with Crippen molar-refractivity contribution in [3.05, 3.63) is 71.3 Å². The molecule has 0 radical (unpaired) electrons. The number of hydrogen-bond donors (Lipinski definition) is 1. The fraction of sp³-hybridized carbons (Fsp3) is 0.333. The van der Waals surface area contributed by atoms with Crippen molar-refractivity contribution in [2.24, 2.45) is 5.92 Å². The lowest BCUT2D eigenvalue weighted by molar-refractivity contribution is -0.259. The summed E-state index contributed by atoms with van der Waals surface area (Å²) in [5.41, 5.74) is 3.37. The number of aliphatic hydroxyl groups is 1. The van der Waals surface area contributed by atoms with Crippen LogP contribution in [0.5, 0.6) is 0 Å². The van der Waals surface area contributed by atoms with E-state index in [2.05, 4.69) is 12.1 Å². The maximum atomic E-state index is 10.7. The number of hydrogen-bond acceptors (Lipinski definition) is 3. The molecular formula is C18H18O3. The van der Waals surface area contributed by atoms with Crippen molar-refractivity contribution in [3.63, 3.8) is 0 Å². The van der Waals surface area contributed by atoms with Crippen LogP contribution in [0.15, 0.2) is 54.6 Å². The molecule has 2 aromatic rings. The van der Waals surface area contributed by atoms with Crippen molar-refractivity contribution in [2.75, 3.05) is 6.61 Å². The zero-order chi connectivity index (χ0) is 14.2. The lowest BCUT2D eigenvalue weighted by Crippen LogP contribution is -2.42. The zero-order valence-corrected chi connectivity index (χ0v) is 11.7. The van der Waals surface area contributed by atoms with Gasteiger partial charge in [-0.25, -0.2) is 0 Å². The minimum absolute atomic E-state index is 0.0786. The molecule has 108 valence electrons. The number of fused-ring (bicyclic) bond motifs is 4. The van der Waals surface area contributed by atoms with E-state index in [1.807, 2.05) is 42.5 Å². The molecule has 1 N–H and O–H groups in total. The van der Waals surface area contributed by atoms with Crippen molar-refractivity contribution >= 4 is 0 Å². The van der Waals surface area contributed by atoms with Gasteiger partial charge in [0.25, 0.3) is 0 Å². The summed E-state index contributed by atoms with van der Waals surface area (Å²) < 4.78 is 11.8. The van der Waals surface area contributed by atoms with E-state index in [9.17, 15) is 5.11 Å². The summed E-state index contributed by atoms with van der Waals surface area (Å²) in [4.78, 5) is 0. The summed E-state index contributed by atoms with van der Waals surface area (Å²) >= 11 is 0. The van der Waals surface area contributed by atoms with Crippen LogP contribution in [-0.4, -0.2) is 18.0 Å². The molecule has 4 atom stereocenters. The van der Waals surface area contributed by atoms with Gasteiger partial charge in [-0.2, -0.15) is 0 Å². The molecule has 21 heavy (non-hydrogen) atoms. The Hall–Kier alpha value is -1.68. The van der Waals surface area contributed by atoms with E-state index >= 15 is 0 Å². The molecule has 0 saturated carbocycles. The van der Waals surface area contributed by atoms with Gasteiger partial charge in [-0.15, -0.1) is 0 Å². The van der Waals surface area contributed by atoms with E-state index in [0.717, 1.165) is 12.0 Å². The fourth-order valence-electron chi connectivity index (χ4n) is 3.35. The van der Waals surface area contributed by atoms with Gasteiger partial charge < -0.3 is 14.6 Å². The van der Waals surface area contributed by atoms with E-state index in [-0.39, 0.29) is 18.3 Å². The summed E-state index contributed by atoms with van der Waals surface area (Å²) in [6, 6.07) is 18.0. The molecule has 1 fully saturated rings. The van der Waals surface area contributed by atoms with Gasteiger partial charge in [-0.1, -0.05) is 54.6 Å². The van der Waals surface area contributed by atoms with Crippen LogP contribution in [0, 0.1) is 5.92 Å². The van der Waals surface area contributed by atoms with Crippen molar-refractivity contribution < 1.29 is 14.6 Å². The van der Waals surface area contributed by atoms with Gasteiger partial charge in [-0.05, 0) is 16.7 Å². The summed E-state index contributed by atoms with van der Waals surface area (Å²) in [5, 5.41) is 10.7. The Kier molecular flexibility index (Phi) is 3.26. The Morgan fingerprint density at radius 3 is 2.62 bits per heavy atom. The highest BCUT2D eigenvalue weighted by atomic mass is 16.7. The smallest absolute Gasteiger partial charge is 0.162 e. The average Bonchev–Trinajstić information content (AvgIpc) is 2.55. The Morgan fingerprint density at radius 2 is 1.76 bits per heavy atom. The van der Waals surface area contributed by atoms with Crippen LogP contribution in [0.3, 0.4) is 0 Å². The molecule has 1 saturated heterocycles. The van der Waals surface area contributed by atoms with Gasteiger partial charge in [0.2, 0.25) is 0 Å². The predicted molar refractivity (Wildman–Crippen MR) is 78.6 cm³/mol. The first-order valence-electron chi connectivity index (χ1n) is 7.41. The summed E-state index contributed by atoms with van der Waals surface area (Å²) in [6.07, 6.45) is -0.0581. The topological polar surface area (TPSA) is 38.7 Å². The highest BCUT2D eigenvalue weighted by molar-refractivity contribution is 5.33. The summed E-state index contributed by atoms with van der Waals surface area (Å²) in [5.74, 6) is -0.0786. The Labute approximate surface area is 124 Å². The first-order valence-corrected chi connectivity index (χ1v) is 7.41. The van der Waals surface area contributed by atoms with E-state index in [0.29, 0.717) is 6.61 Å². The molecular weight excluding hydrogens is 264 g/mol. The average molecular weight is 282 g/mol. The first-order chi connectivity index (χ1) is 10.3. The summed E-state index contributed by atoms with van der Waals surface area (Å²) in [7, 11) is 0. The van der Waals surface area contributed by atoms with Crippen LogP contribution in [0.2, 0.25) is 0 Å². The van der Waals surface area contributed by atoms with Crippen LogP contribution >= 0.6 is 0 Å². The predicted octanol–water partition coefficient (Wildman–Crippen LogP) is 3.01. The number of benzene rings is 2. The molecule has 3 heteroatoms. The van der Waals surface area contributed by atoms with E-state index in [4.69, 9.17) is 9.47 Å². The molecule has 4 rings (SSSR count). The maximum Gasteiger partial charge on any atom is 0.162 e. The normalized spacial score (nSPS) is 28.7. The highest BCUT2D eigenvalue weighted by Crippen LogP contribution is 2.44. The quantitative estimate of drug-likeness (QED) is 0.920. The van der Waals surface area contributed by atoms with Gasteiger partial charge in [0.15, 0.2) is 6.29 Å². The van der Waals surface area contributed by atoms with Crippen LogP contribution in [0.4, 0.5) is 0 Å². The molecule has 0 aliphatic carbocycles. The van der Waals surface area contributed by atoms with Crippen LogP contribution < -0.4 is 0 Å². The number of rotatable bonds is 2. The molecule has 2 bridgehead atoms. The Bertz CT molecular complexity index is 625. The van der Waals surface area contributed by atoms with Crippen molar-refractivity contribution in [1.82, 2.24) is 0 Å². The van der Waals surface area contributed by atoms with Crippen LogP contribution in [-0.2, 0) is 15.9 Å². The second-order valence-corrected chi connectivity index (χ2v) is 5.74. The Balaban J connectivity index is 1.69. The monoisotopic (exact) mass is 282 g/mol. The van der Waals surface area contributed by atoms with Gasteiger partial charge in [0.1, 0.15) is 0 Å². The Morgan fingerprint density at radius 1 is 1.00 bits per heavy atom. The van der Waals surface area contributed by atoms with E-state index in [1.165, 1.54) is 11.1 Å². The fourth-order valence-corrected chi connectivity index (χ4v) is 3.35. The van der Waals surface area contributed by atoms with Gasteiger partial charge >= 0.3 is 0 Å². The first kappa shape index (κ1) is 13.0. The largest absolute Gasteiger partial charge is 0.388 e. The number of ether oxygens (including phenoxy) is 2. The highest BCUT2D eigenvalue weighted by Gasteiger charge is 2.41. The third-order valence-corrected chi connectivity index (χ3v) is 4.46. The molecule has 2 heterocycles. The molecule has 2 aromatic carbocycles. The maximum absolute atomic E-state index is 10.7. The van der Waals surface area contributed by atoms with E-state index < -0.39 is 6.10 Å². The molecule has 2 aliphatic heterocycles. The third-order valence-electron chi connectivity index (χ3n) is 4.46. The summed E-state index contributed by atoms with van der Waals surface area (Å²) in [6.45, 7) is 0.528. The number of aliphatic hydroxyl groups excluding tert-OH is 1. The molecule has 0 aromatic heterocycles. The second-order valence-electron chi connectivity index (χ2n) is 5.74. The standard InChI is InChI=1S/C18H18O3/c19-17(12-6-2-1-3-7-12)15-11-20-16-10-13-8-4-5-9-14(13)18(15)21-16/h1-9,15-19H,10-11H2/t15-,16+,17-,18-/m0/s1. The zero-order valence-electron chi connectivity index (χ0n) is 11.7. The minimum Gasteiger partial charge on any atom is -0.388 e. The SMILES string of the molecule is O[C@@H](c1ccccc1)[C@@H]1CO[C@H]2Cc3ccccc3[C@@H]1O2. The molecule has 0 spiro atoms. The van der Waals surface area contributed by atoms with Crippen LogP contribution in [0.1, 0.15) is 28.9 Å². The van der Waals surface area contributed by atoms with Crippen molar-refractivity contribution in [1.29, 1.82) is 0 Å². The van der Waals surface area contributed by atoms with Crippen molar-refractivity contribution in [2.45, 2.75) is 24.9 Å². The van der Waals surface area contributed by atoms with Gasteiger partial charge in [0, 0.05) is 12.3 Å². The molecule has 0 unspecified atom stereocenters. The lowest BCUT2D eigenvalue weighted by Gasteiger charge is -2.43. The lowest BCUT2D eigenvalue weighted by atomic mass is 9.83. The molecule has 2 aliphatic rings. The van der Waals surface area contributed by atoms with Crippen molar-refractivity contribution in [3.8, 4) is 0 Å². The van der Waals surface area contributed by atoms with Crippen LogP contribution in [0.25, 0.3) is 0 Å². The minimum atomic E-state index is -0.580. The van der Waals surface area contributed by atoms with Gasteiger partial charge in [-0.3, -0.25) is 0 Å². The molecule has 0 amide bonds. The van der Waals surface area contributed by atoms with E-state index in [1.54, 1.807) is 0 Å². The molecule has 3 nitrogen and oxygen atoms in total. The van der Waals surface area contributed by atoms with Gasteiger partial charge in [0.05, 0.1) is 18.8 Å². The third kappa shape index (κ3) is 2.27.